The van der Waals surface area contributed by atoms with Gasteiger partial charge in [-0.15, -0.1) is 0 Å². The number of hydrogen-bond acceptors (Lipinski definition) is 9. The van der Waals surface area contributed by atoms with Gasteiger partial charge in [0.15, 0.2) is 17.7 Å². The molecule has 8 atom stereocenters. The molecule has 4 aliphatic rings. The van der Waals surface area contributed by atoms with Crippen LogP contribution in [0.2, 0.25) is 0 Å². The third kappa shape index (κ3) is 9.21. The van der Waals surface area contributed by atoms with E-state index in [0.717, 1.165) is 0 Å². The minimum Gasteiger partial charge on any atom is -0.376 e. The fourth-order valence-electron chi connectivity index (χ4n) is 7.47. The van der Waals surface area contributed by atoms with Crippen molar-refractivity contribution >= 4 is 41.3 Å². The normalized spacial score (nSPS) is 29.6. The number of nitrogens with two attached hydrogens (primary N) is 4. The van der Waals surface area contributed by atoms with Gasteiger partial charge in [0.2, 0.25) is 23.6 Å². The van der Waals surface area contributed by atoms with Gasteiger partial charge in [0, 0.05) is 72.0 Å². The molecule has 4 amide bonds. The van der Waals surface area contributed by atoms with E-state index in [9.17, 15) is 24.0 Å². The Morgan fingerprint density at radius 1 is 0.580 bits per heavy atom. The molecule has 50 heavy (non-hydrogen) atoms. The zero-order valence-electron chi connectivity index (χ0n) is 30.2. The summed E-state index contributed by atoms with van der Waals surface area (Å²) >= 11 is 0. The predicted octanol–water partition coefficient (Wildman–Crippen LogP) is -1.63. The summed E-state index contributed by atoms with van der Waals surface area (Å²) in [7, 11) is 0. The van der Waals surface area contributed by atoms with Gasteiger partial charge in [-0.3, -0.25) is 24.0 Å². The Hall–Kier alpha value is -3.99. The van der Waals surface area contributed by atoms with E-state index in [1.807, 2.05) is 27.7 Å². The van der Waals surface area contributed by atoms with E-state index in [-0.39, 0.29) is 93.1 Å². The molecule has 17 heteroatoms. The molecule has 0 bridgehead atoms. The van der Waals surface area contributed by atoms with Crippen molar-refractivity contribution in [3.8, 4) is 0 Å². The molecule has 4 heterocycles. The number of carbonyl (C=O) groups is 5. The number of amides is 4. The molecule has 280 valence electrons. The summed E-state index contributed by atoms with van der Waals surface area (Å²) < 4.78 is 12.0. The fraction of sp³-hybridized carbons (Fsp3) is 0.788. The van der Waals surface area contributed by atoms with Crippen LogP contribution in [0.25, 0.3) is 0 Å². The standard InChI is InChI=1S/C33H56N10O7/c1-17(2)15-49-23-9-25(19(5)44)43(14-23)30(47)27-8-22(39-33(36)37)11-41(27)29(46)26-7-21(38-32(34)35)12-42(26)31(48)28-10-24(50-16-18(3)4)13-40(28)20(6)45/h17-18,21-28H,7-16H2,1-6H3,(H4,34,35,38)(H4,36,37,39)/t21-,22-,23-,24-,25+,26+,27+,28+/m1/s1. The number of nitrogens with zero attached hydrogens (tertiary/aromatic N) is 6. The van der Waals surface area contributed by atoms with Gasteiger partial charge < -0.3 is 52.0 Å². The molecule has 4 rings (SSSR count). The molecule has 4 fully saturated rings. The number of likely N-dealkylation sites (tertiary alicyclic amines) is 4. The second-order valence-corrected chi connectivity index (χ2v) is 14.9. The number of carbonyl (C=O) groups excluding carboxylic acids is 5. The third-order valence-electron chi connectivity index (χ3n) is 9.66. The Labute approximate surface area is 294 Å². The highest BCUT2D eigenvalue weighted by atomic mass is 16.5. The molecule has 4 aliphatic heterocycles. The summed E-state index contributed by atoms with van der Waals surface area (Å²) in [5, 5.41) is 0. The van der Waals surface area contributed by atoms with Crippen molar-refractivity contribution in [2.45, 2.75) is 116 Å². The Morgan fingerprint density at radius 2 is 0.940 bits per heavy atom. The van der Waals surface area contributed by atoms with Crippen LogP contribution in [-0.4, -0.2) is 149 Å². The molecule has 0 unspecified atom stereocenters. The van der Waals surface area contributed by atoms with Crippen LogP contribution >= 0.6 is 0 Å². The van der Waals surface area contributed by atoms with Crippen molar-refractivity contribution in [3.05, 3.63) is 0 Å². The van der Waals surface area contributed by atoms with E-state index in [1.54, 1.807) is 0 Å². The molecular formula is C33H56N10O7. The molecule has 0 spiro atoms. The van der Waals surface area contributed by atoms with Crippen molar-refractivity contribution in [1.29, 1.82) is 0 Å². The van der Waals surface area contributed by atoms with Crippen molar-refractivity contribution in [2.75, 3.05) is 39.4 Å². The van der Waals surface area contributed by atoms with E-state index in [1.165, 1.54) is 33.4 Å². The summed E-state index contributed by atoms with van der Waals surface area (Å²) in [5.41, 5.74) is 22.9. The number of guanidine groups is 2. The highest BCUT2D eigenvalue weighted by molar-refractivity contribution is 5.97. The number of Topliss-reactive ketones (excluding diaryl/α,β-unsaturated/α-hetero) is 1. The molecule has 4 saturated heterocycles. The van der Waals surface area contributed by atoms with Crippen molar-refractivity contribution in [2.24, 2.45) is 44.8 Å². The molecule has 8 N–H and O–H groups in total. The average Bonchev–Trinajstić information content (AvgIpc) is 3.82. The van der Waals surface area contributed by atoms with Crippen LogP contribution in [0.4, 0.5) is 0 Å². The Balaban J connectivity index is 1.63. The van der Waals surface area contributed by atoms with Crippen LogP contribution in [0.15, 0.2) is 9.98 Å². The van der Waals surface area contributed by atoms with Gasteiger partial charge in [0.1, 0.15) is 18.1 Å². The Morgan fingerprint density at radius 3 is 1.30 bits per heavy atom. The van der Waals surface area contributed by atoms with E-state index in [2.05, 4.69) is 9.98 Å². The van der Waals surface area contributed by atoms with Crippen LogP contribution in [0.3, 0.4) is 0 Å². The molecule has 0 radical (unpaired) electrons. The summed E-state index contributed by atoms with van der Waals surface area (Å²) in [6.07, 6.45) is 0.166. The van der Waals surface area contributed by atoms with Crippen molar-refractivity contribution < 1.29 is 33.4 Å². The van der Waals surface area contributed by atoms with Gasteiger partial charge in [-0.25, -0.2) is 9.98 Å². The third-order valence-corrected chi connectivity index (χ3v) is 9.66. The lowest BCUT2D eigenvalue weighted by Crippen LogP contribution is -2.56. The topological polar surface area (TPSA) is 246 Å². The van der Waals surface area contributed by atoms with E-state index in [4.69, 9.17) is 32.4 Å². The van der Waals surface area contributed by atoms with Gasteiger partial charge in [-0.05, 0) is 18.8 Å². The smallest absolute Gasteiger partial charge is 0.246 e. The maximum Gasteiger partial charge on any atom is 0.246 e. The molecule has 0 aromatic carbocycles. The van der Waals surface area contributed by atoms with E-state index >= 15 is 0 Å². The first-order valence-corrected chi connectivity index (χ1v) is 17.6. The number of ketones is 1. The van der Waals surface area contributed by atoms with Crippen LogP contribution in [0.5, 0.6) is 0 Å². The zero-order chi connectivity index (χ0) is 37.0. The quantitative estimate of drug-likeness (QED) is 0.133. The largest absolute Gasteiger partial charge is 0.376 e. The van der Waals surface area contributed by atoms with Gasteiger partial charge in [0.05, 0.1) is 30.3 Å². The van der Waals surface area contributed by atoms with Crippen LogP contribution in [-0.2, 0) is 33.4 Å². The lowest BCUT2D eigenvalue weighted by atomic mass is 10.1. The molecule has 0 aliphatic carbocycles. The highest BCUT2D eigenvalue weighted by Gasteiger charge is 2.52. The first-order valence-electron chi connectivity index (χ1n) is 17.6. The number of ether oxygens (including phenoxy) is 2. The monoisotopic (exact) mass is 704 g/mol. The van der Waals surface area contributed by atoms with Gasteiger partial charge in [0.25, 0.3) is 0 Å². The molecule has 0 saturated carbocycles. The minimum atomic E-state index is -1.04. The number of rotatable bonds is 12. The predicted molar refractivity (Wildman–Crippen MR) is 185 cm³/mol. The Kier molecular flexibility index (Phi) is 12.7. The lowest BCUT2D eigenvalue weighted by molar-refractivity contribution is -0.152. The molecule has 0 aromatic heterocycles. The van der Waals surface area contributed by atoms with Gasteiger partial charge in [-0.1, -0.05) is 27.7 Å². The minimum absolute atomic E-state index is 0.0125. The van der Waals surface area contributed by atoms with Crippen LogP contribution in [0, 0.1) is 11.8 Å². The summed E-state index contributed by atoms with van der Waals surface area (Å²) in [6.45, 7) is 12.4. The second kappa shape index (κ2) is 16.4. The lowest BCUT2D eigenvalue weighted by Gasteiger charge is -2.35. The zero-order valence-corrected chi connectivity index (χ0v) is 30.2. The number of aliphatic imine (C=N–C) groups is 2. The maximum atomic E-state index is 14.6. The first-order chi connectivity index (χ1) is 23.5. The van der Waals surface area contributed by atoms with Gasteiger partial charge in [-0.2, -0.15) is 0 Å². The van der Waals surface area contributed by atoms with Crippen LogP contribution in [0.1, 0.15) is 67.2 Å². The van der Waals surface area contributed by atoms with Crippen LogP contribution < -0.4 is 22.9 Å². The second-order valence-electron chi connectivity index (χ2n) is 14.9. The fourth-order valence-corrected chi connectivity index (χ4v) is 7.47. The molecule has 17 nitrogen and oxygen atoms in total. The number of hydrogen-bond donors (Lipinski definition) is 4. The Bertz CT molecular complexity index is 1250. The first kappa shape index (κ1) is 38.8. The average molecular weight is 705 g/mol. The van der Waals surface area contributed by atoms with Crippen molar-refractivity contribution in [3.63, 3.8) is 0 Å². The summed E-state index contributed by atoms with van der Waals surface area (Å²) in [4.78, 5) is 83.1. The maximum absolute atomic E-state index is 14.6. The van der Waals surface area contributed by atoms with Crippen molar-refractivity contribution in [1.82, 2.24) is 19.6 Å². The molecule has 0 aromatic rings. The van der Waals surface area contributed by atoms with E-state index < -0.39 is 54.0 Å². The SMILES string of the molecule is CC(=O)[C@@H]1C[C@@H](OCC(C)C)CN1C(=O)[C@@H]1C[C@@H](N=C(N)N)CN1C(=O)[C@@H]1C[C@@H](N=C(N)N)CN1C(=O)[C@@H]1C[C@@H](OCC(C)C)CN1C(C)=O. The van der Waals surface area contributed by atoms with Gasteiger partial charge >= 0.3 is 0 Å². The summed E-state index contributed by atoms with van der Waals surface area (Å²) in [5.74, 6) is -1.65. The highest BCUT2D eigenvalue weighted by Crippen LogP contribution is 2.33. The summed E-state index contributed by atoms with van der Waals surface area (Å²) in [6, 6.07) is -4.80. The molecular weight excluding hydrogens is 648 g/mol. The van der Waals surface area contributed by atoms with E-state index in [0.29, 0.717) is 19.6 Å².